The van der Waals surface area contributed by atoms with Gasteiger partial charge in [-0.25, -0.2) is 4.98 Å². The molecule has 0 saturated carbocycles. The zero-order chi connectivity index (χ0) is 21.3. The number of hydrogen-bond donors (Lipinski definition) is 0. The molecule has 1 amide bonds. The molecule has 1 aliphatic rings. The average molecular weight is 405 g/mol. The molecule has 1 saturated heterocycles. The van der Waals surface area contributed by atoms with Gasteiger partial charge in [-0.2, -0.15) is 0 Å². The Labute approximate surface area is 176 Å². The Balaban J connectivity index is 1.68. The van der Waals surface area contributed by atoms with Crippen molar-refractivity contribution < 1.29 is 14.3 Å². The molecule has 0 unspecified atom stereocenters. The van der Waals surface area contributed by atoms with Gasteiger partial charge in [-0.3, -0.25) is 14.0 Å². The van der Waals surface area contributed by atoms with Crippen molar-refractivity contribution in [2.45, 2.75) is 33.6 Å². The Morgan fingerprint density at radius 2 is 1.70 bits per heavy atom. The zero-order valence-electron chi connectivity index (χ0n) is 17.7. The van der Waals surface area contributed by atoms with E-state index < -0.39 is 0 Å². The molecule has 4 rings (SSSR count). The number of pyridine rings is 1. The Kier molecular flexibility index (Phi) is 5.57. The predicted molar refractivity (Wildman–Crippen MR) is 115 cm³/mol. The number of aromatic nitrogens is 2. The van der Waals surface area contributed by atoms with Crippen molar-refractivity contribution in [1.82, 2.24) is 14.3 Å². The number of esters is 1. The number of aryl methyl sites for hydroxylation is 2. The fourth-order valence-corrected chi connectivity index (χ4v) is 4.00. The van der Waals surface area contributed by atoms with Crippen molar-refractivity contribution in [3.63, 3.8) is 0 Å². The van der Waals surface area contributed by atoms with E-state index in [-0.39, 0.29) is 17.8 Å². The number of hydrogen-bond acceptors (Lipinski definition) is 4. The lowest BCUT2D eigenvalue weighted by Gasteiger charge is -2.31. The molecule has 6 heteroatoms. The van der Waals surface area contributed by atoms with Crippen LogP contribution >= 0.6 is 0 Å². The quantitative estimate of drug-likeness (QED) is 0.615. The molecule has 0 N–H and O–H groups in total. The molecule has 0 atom stereocenters. The molecule has 0 radical (unpaired) electrons. The van der Waals surface area contributed by atoms with E-state index in [2.05, 4.69) is 0 Å². The van der Waals surface area contributed by atoms with Crippen molar-refractivity contribution in [2.24, 2.45) is 5.92 Å². The average Bonchev–Trinajstić information content (AvgIpc) is 3.12. The number of carbonyl (C=O) groups excluding carboxylic acids is 2. The Hall–Kier alpha value is -3.15. The molecule has 3 heterocycles. The summed E-state index contributed by atoms with van der Waals surface area (Å²) in [7, 11) is 0. The van der Waals surface area contributed by atoms with Gasteiger partial charge < -0.3 is 9.64 Å². The number of carbonyl (C=O) groups is 2. The fourth-order valence-electron chi connectivity index (χ4n) is 4.00. The molecule has 30 heavy (non-hydrogen) atoms. The highest BCUT2D eigenvalue weighted by atomic mass is 16.5. The third-order valence-electron chi connectivity index (χ3n) is 5.70. The normalized spacial score (nSPS) is 14.8. The first-order chi connectivity index (χ1) is 14.5. The largest absolute Gasteiger partial charge is 0.466 e. The van der Waals surface area contributed by atoms with Crippen molar-refractivity contribution in [1.29, 1.82) is 0 Å². The van der Waals surface area contributed by atoms with E-state index >= 15 is 0 Å². The van der Waals surface area contributed by atoms with Gasteiger partial charge in [-0.05, 0) is 45.2 Å². The van der Waals surface area contributed by atoms with Gasteiger partial charge in [0.05, 0.1) is 12.5 Å². The first-order valence-corrected chi connectivity index (χ1v) is 10.5. The summed E-state index contributed by atoms with van der Waals surface area (Å²) in [5.74, 6) is -0.337. The second-order valence-corrected chi connectivity index (χ2v) is 7.93. The lowest BCUT2D eigenvalue weighted by atomic mass is 9.96. The maximum Gasteiger partial charge on any atom is 0.309 e. The number of ether oxygens (including phenoxy) is 1. The number of fused-ring (bicyclic) bond motifs is 1. The van der Waals surface area contributed by atoms with Crippen LogP contribution in [0.25, 0.3) is 16.9 Å². The molecular formula is C24H27N3O3. The minimum Gasteiger partial charge on any atom is -0.466 e. The molecule has 1 aromatic carbocycles. The van der Waals surface area contributed by atoms with Gasteiger partial charge in [-0.1, -0.05) is 35.9 Å². The van der Waals surface area contributed by atoms with Crippen LogP contribution in [-0.2, 0) is 9.53 Å². The Morgan fingerprint density at radius 1 is 1.03 bits per heavy atom. The van der Waals surface area contributed by atoms with Gasteiger partial charge in [0.15, 0.2) is 0 Å². The number of nitrogens with zero attached hydrogens (tertiary/aromatic N) is 3. The van der Waals surface area contributed by atoms with Gasteiger partial charge in [0.2, 0.25) is 0 Å². The molecule has 0 spiro atoms. The van der Waals surface area contributed by atoms with Gasteiger partial charge >= 0.3 is 5.97 Å². The van der Waals surface area contributed by atoms with Gasteiger partial charge in [-0.15, -0.1) is 0 Å². The molecular weight excluding hydrogens is 378 g/mol. The fraction of sp³-hybridized carbons (Fsp3) is 0.375. The lowest BCUT2D eigenvalue weighted by molar-refractivity contribution is -0.149. The van der Waals surface area contributed by atoms with Crippen LogP contribution in [0.15, 0.2) is 42.6 Å². The smallest absolute Gasteiger partial charge is 0.309 e. The van der Waals surface area contributed by atoms with E-state index in [0.29, 0.717) is 43.9 Å². The summed E-state index contributed by atoms with van der Waals surface area (Å²) < 4.78 is 7.04. The third kappa shape index (κ3) is 3.82. The number of imidazole rings is 1. The topological polar surface area (TPSA) is 63.9 Å². The van der Waals surface area contributed by atoms with Gasteiger partial charge in [0, 0.05) is 24.8 Å². The van der Waals surface area contributed by atoms with Gasteiger partial charge in [0.1, 0.15) is 17.0 Å². The first-order valence-electron chi connectivity index (χ1n) is 10.5. The SMILES string of the molecule is CCOC(=O)C1CCN(C(=O)c2c(-c3ccc(C)cc3)nc3ccc(C)cn23)CC1. The molecule has 1 fully saturated rings. The zero-order valence-corrected chi connectivity index (χ0v) is 17.7. The van der Waals surface area contributed by atoms with Crippen LogP contribution in [0.1, 0.15) is 41.4 Å². The molecule has 2 aromatic heterocycles. The second-order valence-electron chi connectivity index (χ2n) is 7.93. The summed E-state index contributed by atoms with van der Waals surface area (Å²) in [5, 5.41) is 0. The van der Waals surface area contributed by atoms with Crippen molar-refractivity contribution in [3.8, 4) is 11.3 Å². The number of amides is 1. The van der Waals surface area contributed by atoms with Crippen molar-refractivity contribution in [3.05, 3.63) is 59.4 Å². The Morgan fingerprint density at radius 3 is 2.37 bits per heavy atom. The van der Waals surface area contributed by atoms with Crippen LogP contribution in [0.3, 0.4) is 0 Å². The maximum atomic E-state index is 13.6. The highest BCUT2D eigenvalue weighted by Gasteiger charge is 2.31. The molecule has 1 aliphatic heterocycles. The molecule has 156 valence electrons. The van der Waals surface area contributed by atoms with E-state index in [1.54, 1.807) is 0 Å². The number of rotatable bonds is 4. The van der Waals surface area contributed by atoms with Crippen LogP contribution in [0.2, 0.25) is 0 Å². The minimum absolute atomic E-state index is 0.0500. The van der Waals surface area contributed by atoms with Gasteiger partial charge in [0.25, 0.3) is 5.91 Å². The van der Waals surface area contributed by atoms with E-state index in [0.717, 1.165) is 22.3 Å². The molecule has 6 nitrogen and oxygen atoms in total. The molecule has 0 bridgehead atoms. The lowest BCUT2D eigenvalue weighted by Crippen LogP contribution is -2.41. The van der Waals surface area contributed by atoms with Crippen LogP contribution in [-0.4, -0.2) is 45.9 Å². The molecule has 3 aromatic rings. The second kappa shape index (κ2) is 8.30. The maximum absolute atomic E-state index is 13.6. The van der Waals surface area contributed by atoms with Crippen molar-refractivity contribution in [2.75, 3.05) is 19.7 Å². The van der Waals surface area contributed by atoms with Crippen LogP contribution in [0.4, 0.5) is 0 Å². The number of piperidine rings is 1. The van der Waals surface area contributed by atoms with E-state index in [1.807, 2.05) is 72.7 Å². The summed E-state index contributed by atoms with van der Waals surface area (Å²) in [6.07, 6.45) is 3.21. The highest BCUT2D eigenvalue weighted by molar-refractivity contribution is 6.00. The standard InChI is InChI=1S/C24H27N3O3/c1-4-30-24(29)19-11-13-26(14-12-19)23(28)22-21(18-8-5-16(2)6-9-18)25-20-10-7-17(3)15-27(20)22/h5-10,15,19H,4,11-14H2,1-3H3. The van der Waals surface area contributed by atoms with Crippen LogP contribution in [0, 0.1) is 19.8 Å². The predicted octanol–water partition coefficient (Wildman–Crippen LogP) is 4.03. The van der Waals surface area contributed by atoms with Crippen LogP contribution in [0.5, 0.6) is 0 Å². The summed E-state index contributed by atoms with van der Waals surface area (Å²) >= 11 is 0. The van der Waals surface area contributed by atoms with Crippen molar-refractivity contribution >= 4 is 17.5 Å². The number of benzene rings is 1. The van der Waals surface area contributed by atoms with Crippen LogP contribution < -0.4 is 0 Å². The van der Waals surface area contributed by atoms with E-state index in [4.69, 9.17) is 9.72 Å². The monoisotopic (exact) mass is 405 g/mol. The summed E-state index contributed by atoms with van der Waals surface area (Å²) in [6.45, 7) is 7.32. The van der Waals surface area contributed by atoms with E-state index in [9.17, 15) is 9.59 Å². The Bertz CT molecular complexity index is 1080. The summed E-state index contributed by atoms with van der Waals surface area (Å²) in [5.41, 5.74) is 5.16. The summed E-state index contributed by atoms with van der Waals surface area (Å²) in [4.78, 5) is 32.3. The third-order valence-corrected chi connectivity index (χ3v) is 5.70. The first kappa shape index (κ1) is 20.1. The summed E-state index contributed by atoms with van der Waals surface area (Å²) in [6, 6.07) is 12.0. The minimum atomic E-state index is -0.157. The highest BCUT2D eigenvalue weighted by Crippen LogP contribution is 2.28. The molecule has 0 aliphatic carbocycles. The van der Waals surface area contributed by atoms with E-state index in [1.165, 1.54) is 0 Å². The number of likely N-dealkylation sites (tertiary alicyclic amines) is 1.